The lowest BCUT2D eigenvalue weighted by atomic mass is 9.90. The Morgan fingerprint density at radius 1 is 1.21 bits per heavy atom. The molecule has 1 aliphatic heterocycles. The topological polar surface area (TPSA) is 113 Å². The Hall–Kier alpha value is -2.32. The van der Waals surface area contributed by atoms with Crippen LogP contribution in [0.4, 0.5) is 0 Å². The first-order chi connectivity index (χ1) is 14.2. The van der Waals surface area contributed by atoms with E-state index in [1.807, 2.05) is 12.4 Å². The molecule has 0 aromatic carbocycles. The Balaban J connectivity index is 1.18. The Labute approximate surface area is 168 Å². The fourth-order valence-electron chi connectivity index (χ4n) is 5.20. The number of hydrogen-bond donors (Lipinski definition) is 3. The van der Waals surface area contributed by atoms with Gasteiger partial charge in [0, 0.05) is 54.6 Å². The summed E-state index contributed by atoms with van der Waals surface area (Å²) in [5, 5.41) is 20.3. The third-order valence-corrected chi connectivity index (χ3v) is 7.22. The second-order valence-corrected chi connectivity index (χ2v) is 9.03. The molecule has 3 unspecified atom stereocenters. The van der Waals surface area contributed by atoms with Gasteiger partial charge in [0.25, 0.3) is 5.91 Å². The Morgan fingerprint density at radius 3 is 2.66 bits per heavy atom. The highest BCUT2D eigenvalue weighted by molar-refractivity contribution is 5.95. The molecule has 3 heterocycles. The van der Waals surface area contributed by atoms with E-state index in [1.54, 1.807) is 0 Å². The maximum atomic E-state index is 12.9. The number of fused-ring (bicyclic) bond motifs is 3. The molecule has 3 N–H and O–H groups in total. The minimum Gasteiger partial charge on any atom is -0.394 e. The lowest BCUT2D eigenvalue weighted by Gasteiger charge is -2.36. The van der Waals surface area contributed by atoms with Gasteiger partial charge in [-0.05, 0) is 38.0 Å². The normalized spacial score (nSPS) is 29.2. The molecule has 1 saturated heterocycles. The molecular formula is C21H25N5O3. The molecule has 6 rings (SSSR count). The molecule has 8 nitrogen and oxygen atoms in total. The van der Waals surface area contributed by atoms with E-state index in [9.17, 15) is 9.90 Å². The Kier molecular flexibility index (Phi) is 3.83. The zero-order valence-electron chi connectivity index (χ0n) is 16.2. The Bertz CT molecular complexity index is 946. The largest absolute Gasteiger partial charge is 0.394 e. The van der Waals surface area contributed by atoms with Crippen LogP contribution in [0.5, 0.6) is 0 Å². The number of aliphatic hydroxyl groups is 1. The number of ether oxygens (including phenoxy) is 1. The maximum absolute atomic E-state index is 12.9. The number of amides is 1. The summed E-state index contributed by atoms with van der Waals surface area (Å²) in [7, 11) is 0. The number of aromatic amines is 1. The van der Waals surface area contributed by atoms with Gasteiger partial charge < -0.3 is 15.2 Å². The summed E-state index contributed by atoms with van der Waals surface area (Å²) in [4.78, 5) is 22.2. The number of aromatic nitrogens is 4. The number of carbonyl (C=O) groups excluding carboxylic acids is 1. The average molecular weight is 395 g/mol. The van der Waals surface area contributed by atoms with Crippen molar-refractivity contribution in [2.45, 2.75) is 55.4 Å². The van der Waals surface area contributed by atoms with Crippen LogP contribution in [0.25, 0.3) is 0 Å². The number of nitrogens with one attached hydrogen (secondary N) is 2. The van der Waals surface area contributed by atoms with E-state index in [4.69, 9.17) is 4.74 Å². The molecule has 152 valence electrons. The number of hydrogen-bond acceptors (Lipinski definition) is 6. The van der Waals surface area contributed by atoms with Crippen molar-refractivity contribution in [3.8, 4) is 0 Å². The third kappa shape index (κ3) is 2.80. The predicted octanol–water partition coefficient (Wildman–Crippen LogP) is 1.40. The summed E-state index contributed by atoms with van der Waals surface area (Å²) in [6, 6.07) is 0. The molecule has 8 heteroatoms. The van der Waals surface area contributed by atoms with E-state index in [0.29, 0.717) is 55.4 Å². The van der Waals surface area contributed by atoms with Crippen molar-refractivity contribution in [3.05, 3.63) is 40.7 Å². The minimum atomic E-state index is -0.607. The average Bonchev–Trinajstić information content (AvgIpc) is 3.64. The highest BCUT2D eigenvalue weighted by Gasteiger charge is 2.59. The van der Waals surface area contributed by atoms with Crippen LogP contribution < -0.4 is 5.32 Å². The third-order valence-electron chi connectivity index (χ3n) is 7.22. The maximum Gasteiger partial charge on any atom is 0.272 e. The molecular weight excluding hydrogens is 370 g/mol. The standard InChI is InChI=1S/C21H25N5O3/c27-10-21(3-5-29-6-4-21)24-20(28)19-13-7-12-16(17(12)18(13)25-26-19)15-9-22-14(8-23-15)11-1-2-11/h8-9,11-12,16-17,27H,1-7,10H2,(H,24,28)(H,25,26). The van der Waals surface area contributed by atoms with Crippen molar-refractivity contribution in [2.75, 3.05) is 19.8 Å². The number of rotatable bonds is 5. The quantitative estimate of drug-likeness (QED) is 0.705. The molecule has 1 amide bonds. The van der Waals surface area contributed by atoms with E-state index < -0.39 is 5.54 Å². The summed E-state index contributed by atoms with van der Waals surface area (Å²) in [6.07, 6.45) is 8.42. The van der Waals surface area contributed by atoms with Crippen molar-refractivity contribution < 1.29 is 14.6 Å². The van der Waals surface area contributed by atoms with Crippen LogP contribution >= 0.6 is 0 Å². The van der Waals surface area contributed by atoms with E-state index >= 15 is 0 Å². The van der Waals surface area contributed by atoms with Gasteiger partial charge in [0.1, 0.15) is 0 Å². The van der Waals surface area contributed by atoms with E-state index in [1.165, 1.54) is 12.8 Å². The Morgan fingerprint density at radius 2 is 1.97 bits per heavy atom. The van der Waals surface area contributed by atoms with Crippen LogP contribution in [0.15, 0.2) is 12.4 Å². The van der Waals surface area contributed by atoms with E-state index in [-0.39, 0.29) is 12.5 Å². The molecule has 3 aliphatic carbocycles. The zero-order valence-corrected chi connectivity index (χ0v) is 16.2. The molecule has 2 aromatic heterocycles. The van der Waals surface area contributed by atoms with Crippen molar-refractivity contribution in [1.29, 1.82) is 0 Å². The summed E-state index contributed by atoms with van der Waals surface area (Å²) in [6.45, 7) is 1.01. The summed E-state index contributed by atoms with van der Waals surface area (Å²) in [5.41, 5.74) is 4.13. The number of H-pyrrole nitrogens is 1. The van der Waals surface area contributed by atoms with Gasteiger partial charge in [-0.2, -0.15) is 5.10 Å². The molecule has 0 spiro atoms. The minimum absolute atomic E-state index is 0.0858. The van der Waals surface area contributed by atoms with Gasteiger partial charge in [0.05, 0.1) is 23.5 Å². The molecule has 3 fully saturated rings. The van der Waals surface area contributed by atoms with Gasteiger partial charge in [-0.3, -0.25) is 19.9 Å². The molecule has 29 heavy (non-hydrogen) atoms. The molecule has 2 aromatic rings. The lowest BCUT2D eigenvalue weighted by Crippen LogP contribution is -2.54. The van der Waals surface area contributed by atoms with Crippen molar-refractivity contribution in [1.82, 2.24) is 25.5 Å². The first-order valence-electron chi connectivity index (χ1n) is 10.6. The first-order valence-corrected chi connectivity index (χ1v) is 10.6. The highest BCUT2D eigenvalue weighted by atomic mass is 16.5. The second-order valence-electron chi connectivity index (χ2n) is 9.03. The van der Waals surface area contributed by atoms with Gasteiger partial charge in [-0.25, -0.2) is 0 Å². The molecule has 2 saturated carbocycles. The van der Waals surface area contributed by atoms with Gasteiger partial charge in [-0.1, -0.05) is 0 Å². The number of carbonyl (C=O) groups is 1. The molecule has 0 bridgehead atoms. The fraction of sp³-hybridized carbons (Fsp3) is 0.619. The van der Waals surface area contributed by atoms with Gasteiger partial charge >= 0.3 is 0 Å². The van der Waals surface area contributed by atoms with Gasteiger partial charge in [-0.15, -0.1) is 0 Å². The van der Waals surface area contributed by atoms with Crippen molar-refractivity contribution in [2.24, 2.45) is 5.92 Å². The van der Waals surface area contributed by atoms with Crippen LogP contribution in [-0.4, -0.2) is 56.5 Å². The first kappa shape index (κ1) is 17.5. The van der Waals surface area contributed by atoms with E-state index in [0.717, 1.165) is 29.1 Å². The van der Waals surface area contributed by atoms with Crippen LogP contribution in [0.2, 0.25) is 0 Å². The van der Waals surface area contributed by atoms with E-state index in [2.05, 4.69) is 25.5 Å². The van der Waals surface area contributed by atoms with Crippen LogP contribution in [0, 0.1) is 5.92 Å². The fourth-order valence-corrected chi connectivity index (χ4v) is 5.20. The lowest BCUT2D eigenvalue weighted by molar-refractivity contribution is 0.0124. The summed E-state index contributed by atoms with van der Waals surface area (Å²) in [5.74, 6) is 1.62. The highest BCUT2D eigenvalue weighted by Crippen LogP contribution is 2.66. The van der Waals surface area contributed by atoms with Gasteiger partial charge in [0.2, 0.25) is 0 Å². The van der Waals surface area contributed by atoms with Crippen LogP contribution in [0.1, 0.15) is 76.6 Å². The van der Waals surface area contributed by atoms with Crippen LogP contribution in [-0.2, 0) is 11.2 Å². The van der Waals surface area contributed by atoms with Crippen molar-refractivity contribution in [3.63, 3.8) is 0 Å². The smallest absolute Gasteiger partial charge is 0.272 e. The zero-order chi connectivity index (χ0) is 19.6. The van der Waals surface area contributed by atoms with Crippen molar-refractivity contribution >= 4 is 5.91 Å². The monoisotopic (exact) mass is 395 g/mol. The number of nitrogens with zero attached hydrogens (tertiary/aromatic N) is 3. The SMILES string of the molecule is O=C(NC1(CO)CCOCC1)c1n[nH]c2c1CC1C(c3cnc(C4CC4)cn3)C21. The number of aliphatic hydroxyl groups excluding tert-OH is 1. The molecule has 4 aliphatic rings. The van der Waals surface area contributed by atoms with Crippen LogP contribution in [0.3, 0.4) is 0 Å². The molecule has 0 radical (unpaired) electrons. The summed E-state index contributed by atoms with van der Waals surface area (Å²) >= 11 is 0. The summed E-state index contributed by atoms with van der Waals surface area (Å²) < 4.78 is 5.38. The van der Waals surface area contributed by atoms with Gasteiger partial charge in [0.15, 0.2) is 5.69 Å². The molecule has 3 atom stereocenters. The second kappa shape index (κ2) is 6.34. The predicted molar refractivity (Wildman–Crippen MR) is 103 cm³/mol.